The molecule has 6 heteroatoms. The first-order chi connectivity index (χ1) is 11.7. The Morgan fingerprint density at radius 1 is 0.840 bits per heavy atom. The van der Waals surface area contributed by atoms with Gasteiger partial charge in [-0.1, -0.05) is 82.9 Å². The van der Waals surface area contributed by atoms with E-state index in [1.54, 1.807) is 30.3 Å². The van der Waals surface area contributed by atoms with E-state index in [0.29, 0.717) is 0 Å². The van der Waals surface area contributed by atoms with Crippen molar-refractivity contribution >= 4 is 47.9 Å². The van der Waals surface area contributed by atoms with Crippen LogP contribution in [0.5, 0.6) is 0 Å². The summed E-state index contributed by atoms with van der Waals surface area (Å²) < 4.78 is 28.8. The molecule has 0 fully saturated rings. The van der Waals surface area contributed by atoms with Crippen molar-refractivity contribution < 1.29 is 20.6 Å². The van der Waals surface area contributed by atoms with E-state index in [1.807, 2.05) is 0 Å². The van der Waals surface area contributed by atoms with E-state index in [9.17, 15) is 8.42 Å². The van der Waals surface area contributed by atoms with Crippen molar-refractivity contribution in [2.45, 2.75) is 76.0 Å². The molecule has 0 atom stereocenters. The second kappa shape index (κ2) is 19.1. The van der Waals surface area contributed by atoms with Gasteiger partial charge in [0, 0.05) is 7.11 Å². The third kappa shape index (κ3) is 15.1. The smallest absolute Gasteiger partial charge is 1.00 e. The van der Waals surface area contributed by atoms with Gasteiger partial charge in [-0.3, -0.25) is 4.18 Å². The third-order valence-electron chi connectivity index (χ3n) is 3.77. The fourth-order valence-electron chi connectivity index (χ4n) is 2.41. The van der Waals surface area contributed by atoms with Crippen molar-refractivity contribution in [1.82, 2.24) is 0 Å². The van der Waals surface area contributed by atoms with Crippen LogP contribution in [0.3, 0.4) is 0 Å². The molecule has 0 bridgehead atoms. The fourth-order valence-corrected chi connectivity index (χ4v) is 3.38. The van der Waals surface area contributed by atoms with Crippen LogP contribution in [-0.2, 0) is 14.3 Å². The second-order valence-electron chi connectivity index (χ2n) is 5.77. The van der Waals surface area contributed by atoms with Gasteiger partial charge in [-0.05, 0) is 18.6 Å². The fraction of sp³-hybridized carbons (Fsp3) is 0.684. The zero-order valence-electron chi connectivity index (χ0n) is 18.0. The Morgan fingerprint density at radius 3 is 1.76 bits per heavy atom. The quantitative estimate of drug-likeness (QED) is 0.294. The van der Waals surface area contributed by atoms with Crippen LogP contribution in [0.25, 0.3) is 0 Å². The Bertz CT molecular complexity index is 488. The molecule has 0 aromatic heterocycles. The molecular formula is C19H36CaO4S. The maximum absolute atomic E-state index is 11.9. The average molecular weight is 401 g/mol. The maximum atomic E-state index is 11.9. The van der Waals surface area contributed by atoms with Crippen molar-refractivity contribution in [2.24, 2.45) is 0 Å². The zero-order chi connectivity index (χ0) is 18.1. The third-order valence-corrected chi connectivity index (χ3v) is 5.09. The van der Waals surface area contributed by atoms with Gasteiger partial charge in [-0.2, -0.15) is 8.42 Å². The summed E-state index contributed by atoms with van der Waals surface area (Å²) in [7, 11) is -2.57. The molecule has 0 aliphatic carbocycles. The van der Waals surface area contributed by atoms with Crippen molar-refractivity contribution in [3.63, 3.8) is 0 Å². The Labute approximate surface area is 187 Å². The molecule has 0 aliphatic heterocycles. The van der Waals surface area contributed by atoms with Crippen molar-refractivity contribution in [3.8, 4) is 0 Å². The molecule has 0 radical (unpaired) electrons. The van der Waals surface area contributed by atoms with E-state index in [-0.39, 0.29) is 52.1 Å². The summed E-state index contributed by atoms with van der Waals surface area (Å²) in [5.74, 6) is 0. The second-order valence-corrected chi connectivity index (χ2v) is 7.39. The summed E-state index contributed by atoms with van der Waals surface area (Å²) >= 11 is 0. The Kier molecular flexibility index (Phi) is 21.1. The monoisotopic (exact) mass is 400 g/mol. The number of benzene rings is 1. The molecule has 1 aromatic rings. The summed E-state index contributed by atoms with van der Waals surface area (Å²) in [5, 5.41) is 7.00. The Balaban J connectivity index is -0.000000511. The topological polar surface area (TPSA) is 63.6 Å². The summed E-state index contributed by atoms with van der Waals surface area (Å²) in [4.78, 5) is 0.238. The number of aliphatic hydroxyl groups is 1. The van der Waals surface area contributed by atoms with Crippen molar-refractivity contribution in [1.29, 1.82) is 0 Å². The first-order valence-corrected chi connectivity index (χ1v) is 10.5. The van der Waals surface area contributed by atoms with Gasteiger partial charge < -0.3 is 7.96 Å². The molecule has 0 heterocycles. The summed E-state index contributed by atoms with van der Waals surface area (Å²) in [6, 6.07) is 8.33. The predicted octanol–water partition coefficient (Wildman–Crippen LogP) is 4.77. The minimum Gasteiger partial charge on any atom is -1.00 e. The van der Waals surface area contributed by atoms with Gasteiger partial charge in [0.15, 0.2) is 0 Å². The largest absolute Gasteiger partial charge is 2.00 e. The van der Waals surface area contributed by atoms with E-state index >= 15 is 0 Å². The minimum atomic E-state index is -3.57. The van der Waals surface area contributed by atoms with Crippen LogP contribution < -0.4 is 0 Å². The summed E-state index contributed by atoms with van der Waals surface area (Å²) in [6.07, 6.45) is 12.3. The average Bonchev–Trinajstić information content (AvgIpc) is 2.62. The molecule has 0 amide bonds. The SMILES string of the molecule is CCCCCCCCCCCCOS(=O)(=O)c1ccccc1.CO.[Ca+2].[H-].[H-]. The van der Waals surface area contributed by atoms with Gasteiger partial charge in [0.1, 0.15) is 0 Å². The molecule has 1 aromatic carbocycles. The normalized spacial score (nSPS) is 10.5. The standard InChI is InChI=1S/C18H30O3S.CH4O.Ca.2H/c1-2-3-4-5-6-7-8-9-10-14-17-21-22(19,20)18-15-12-11-13-16-18;1-2;;;/h11-13,15-16H,2-10,14,17H2,1H3;2H,1H3;;;/q;;+2;2*-1. The zero-order valence-corrected chi connectivity index (χ0v) is 19.0. The number of hydrogen-bond acceptors (Lipinski definition) is 4. The van der Waals surface area contributed by atoms with Gasteiger partial charge in [0.25, 0.3) is 10.1 Å². The first kappa shape index (κ1) is 27.6. The van der Waals surface area contributed by atoms with Crippen LogP contribution in [0.2, 0.25) is 0 Å². The van der Waals surface area contributed by atoms with Gasteiger partial charge in [0.2, 0.25) is 0 Å². The Morgan fingerprint density at radius 2 is 1.28 bits per heavy atom. The number of aliphatic hydroxyl groups excluding tert-OH is 1. The van der Waals surface area contributed by atoms with Crippen LogP contribution in [0, 0.1) is 0 Å². The van der Waals surface area contributed by atoms with Gasteiger partial charge in [-0.25, -0.2) is 0 Å². The van der Waals surface area contributed by atoms with Gasteiger partial charge in [0.05, 0.1) is 11.5 Å². The van der Waals surface area contributed by atoms with Crippen molar-refractivity contribution in [2.75, 3.05) is 13.7 Å². The van der Waals surface area contributed by atoms with Crippen LogP contribution in [-0.4, -0.2) is 65.0 Å². The Hall–Kier alpha value is 0.350. The molecule has 0 spiro atoms. The molecule has 0 aliphatic rings. The molecule has 144 valence electrons. The van der Waals surface area contributed by atoms with Gasteiger partial charge in [-0.15, -0.1) is 0 Å². The van der Waals surface area contributed by atoms with E-state index in [0.717, 1.165) is 20.0 Å². The molecular weight excluding hydrogens is 364 g/mol. The minimum absolute atomic E-state index is 0. The molecule has 0 unspecified atom stereocenters. The number of rotatable bonds is 13. The molecule has 1 N–H and O–H groups in total. The maximum Gasteiger partial charge on any atom is 2.00 e. The summed E-state index contributed by atoms with van der Waals surface area (Å²) in [5.41, 5.74) is 0. The van der Waals surface area contributed by atoms with E-state index in [2.05, 4.69) is 6.92 Å². The van der Waals surface area contributed by atoms with Gasteiger partial charge >= 0.3 is 37.7 Å². The van der Waals surface area contributed by atoms with Crippen molar-refractivity contribution in [3.05, 3.63) is 30.3 Å². The van der Waals surface area contributed by atoms with E-state index < -0.39 is 10.1 Å². The van der Waals surface area contributed by atoms with Crippen LogP contribution in [0.4, 0.5) is 0 Å². The first-order valence-electron chi connectivity index (χ1n) is 9.06. The summed E-state index contributed by atoms with van der Waals surface area (Å²) in [6.45, 7) is 2.52. The number of hydrogen-bond donors (Lipinski definition) is 1. The van der Waals surface area contributed by atoms with E-state index in [1.165, 1.54) is 51.4 Å². The van der Waals surface area contributed by atoms with Crippen LogP contribution in [0.15, 0.2) is 35.2 Å². The van der Waals surface area contributed by atoms with Crippen LogP contribution in [0.1, 0.15) is 74.0 Å². The molecule has 4 nitrogen and oxygen atoms in total. The number of unbranched alkanes of at least 4 members (excludes halogenated alkanes) is 9. The molecule has 25 heavy (non-hydrogen) atoms. The molecule has 0 saturated heterocycles. The molecule has 1 rings (SSSR count). The molecule has 0 saturated carbocycles. The van der Waals surface area contributed by atoms with Crippen LogP contribution >= 0.6 is 0 Å². The predicted molar refractivity (Wildman–Crippen MR) is 108 cm³/mol. The van der Waals surface area contributed by atoms with E-state index in [4.69, 9.17) is 9.29 Å².